The molecule has 0 spiro atoms. The summed E-state index contributed by atoms with van der Waals surface area (Å²) in [6, 6.07) is 41.4. The van der Waals surface area contributed by atoms with Crippen molar-refractivity contribution in [1.82, 2.24) is 0 Å². The van der Waals surface area contributed by atoms with E-state index in [0.29, 0.717) is 51.9 Å². The van der Waals surface area contributed by atoms with E-state index in [1.165, 1.54) is 77.4 Å². The second-order valence-electron chi connectivity index (χ2n) is 24.1. The van der Waals surface area contributed by atoms with E-state index < -0.39 is 7.92 Å². The lowest BCUT2D eigenvalue weighted by Crippen LogP contribution is -2.19. The van der Waals surface area contributed by atoms with Gasteiger partial charge in [-0.2, -0.15) is 0 Å². The van der Waals surface area contributed by atoms with Gasteiger partial charge in [0, 0.05) is 25.7 Å². The summed E-state index contributed by atoms with van der Waals surface area (Å²) in [5.74, 6) is 3.92. The minimum absolute atomic E-state index is 0.0984. The Morgan fingerprint density at radius 2 is 0.563 bits per heavy atom. The molecule has 378 valence electrons. The van der Waals surface area contributed by atoms with Crippen molar-refractivity contribution in [3.05, 3.63) is 176 Å². The third kappa shape index (κ3) is 13.1. The van der Waals surface area contributed by atoms with E-state index in [1.54, 1.807) is 0 Å². The van der Waals surface area contributed by atoms with Crippen LogP contribution in [-0.2, 0) is 47.3 Å². The summed E-state index contributed by atoms with van der Waals surface area (Å²) in [4.78, 5) is 0. The molecule has 7 rings (SSSR count). The van der Waals surface area contributed by atoms with E-state index in [-0.39, 0.29) is 21.7 Å². The lowest BCUT2D eigenvalue weighted by Gasteiger charge is -2.29. The molecule has 6 aromatic rings. The van der Waals surface area contributed by atoms with E-state index in [4.69, 9.17) is 18.9 Å². The summed E-state index contributed by atoms with van der Waals surface area (Å²) in [5, 5.41) is 2.60. The third-order valence-corrected chi connectivity index (χ3v) is 16.0. The van der Waals surface area contributed by atoms with Crippen LogP contribution in [0.4, 0.5) is 0 Å². The highest BCUT2D eigenvalue weighted by Gasteiger charge is 2.30. The fourth-order valence-electron chi connectivity index (χ4n) is 9.62. The molecule has 1 aliphatic carbocycles. The highest BCUT2D eigenvalue weighted by molar-refractivity contribution is 7.72. The number of ether oxygens (including phenoxy) is 4. The molecule has 6 aromatic carbocycles. The fourth-order valence-corrected chi connectivity index (χ4v) is 11.5. The van der Waals surface area contributed by atoms with Crippen molar-refractivity contribution in [3.63, 3.8) is 0 Å². The maximum atomic E-state index is 7.60. The van der Waals surface area contributed by atoms with Gasteiger partial charge in [0.25, 0.3) is 0 Å². The predicted octanol–water partition coefficient (Wildman–Crippen LogP) is 16.4. The van der Waals surface area contributed by atoms with Crippen LogP contribution in [0.2, 0.25) is 0 Å². The molecule has 5 heteroatoms. The highest BCUT2D eigenvalue weighted by Crippen LogP contribution is 2.45. The standard InChI is InChI=1S/C66H85O4P/c1-16-29-67-59-45-32-47-38-54(64(7,8)9)40-49(60(47)68-30-17-2)34-51-42-56(66(13,14)15)43-52(62(51)70-44-71(57-25-21-19-22-26-57)58-27-23-20-24-28-58)35-50-41-55(65(10,11)12)39-48(61(50)69-31-18-3)33-46(59)37-53(36-45)63(4,5)6/h19-28,36-43H,16-18,29-35,44H2,1-15H3. The molecule has 0 aromatic heterocycles. The number of fused-ring (bicyclic) bond motifs is 8. The summed E-state index contributed by atoms with van der Waals surface area (Å²) in [6.45, 7) is 36.5. The normalized spacial score (nSPS) is 13.3. The van der Waals surface area contributed by atoms with Gasteiger partial charge in [0.05, 0.1) is 19.8 Å². The Labute approximate surface area is 431 Å². The first-order valence-corrected chi connectivity index (χ1v) is 28.2. The second kappa shape index (κ2) is 22.4. The fraction of sp³-hybridized carbons (Fsp3) is 0.455. The molecular formula is C66H85O4P. The van der Waals surface area contributed by atoms with Crippen molar-refractivity contribution in [2.24, 2.45) is 0 Å². The molecule has 0 fully saturated rings. The lowest BCUT2D eigenvalue weighted by molar-refractivity contribution is 0.306. The first-order valence-electron chi connectivity index (χ1n) is 26.6. The van der Waals surface area contributed by atoms with Gasteiger partial charge in [-0.1, -0.05) is 213 Å². The number of hydrogen-bond acceptors (Lipinski definition) is 4. The van der Waals surface area contributed by atoms with E-state index in [9.17, 15) is 0 Å². The smallest absolute Gasteiger partial charge is 0.126 e. The van der Waals surface area contributed by atoms with E-state index >= 15 is 0 Å². The van der Waals surface area contributed by atoms with Gasteiger partial charge in [0.1, 0.15) is 29.3 Å². The molecule has 0 saturated carbocycles. The van der Waals surface area contributed by atoms with Crippen LogP contribution < -0.4 is 29.6 Å². The SMILES string of the molecule is CCCOc1c2cc(C(C)(C)C)cc1Cc1cc(C(C)(C)C)cc(c1OCCC)Cc1cc(C(C)(C)C)cc(c1OCP(c1ccccc1)c1ccccc1)Cc1cc(C(C)(C)C)cc(c1OCCC)C2. The van der Waals surface area contributed by atoms with Crippen LogP contribution in [0.5, 0.6) is 23.0 Å². The zero-order chi connectivity index (χ0) is 51.3. The number of benzene rings is 6. The van der Waals surface area contributed by atoms with Gasteiger partial charge in [0.2, 0.25) is 0 Å². The number of hydrogen-bond donors (Lipinski definition) is 0. The summed E-state index contributed by atoms with van der Waals surface area (Å²) >= 11 is 0. The van der Waals surface area contributed by atoms with Crippen LogP contribution >= 0.6 is 7.92 Å². The largest absolute Gasteiger partial charge is 0.493 e. The molecule has 0 aliphatic heterocycles. The first-order chi connectivity index (χ1) is 33.6. The van der Waals surface area contributed by atoms with Crippen molar-refractivity contribution in [2.75, 3.05) is 26.2 Å². The van der Waals surface area contributed by atoms with Crippen LogP contribution in [0, 0.1) is 0 Å². The van der Waals surface area contributed by atoms with E-state index in [0.717, 1.165) is 42.3 Å². The van der Waals surface area contributed by atoms with Crippen molar-refractivity contribution in [2.45, 2.75) is 170 Å². The first kappa shape index (κ1) is 53.7. The van der Waals surface area contributed by atoms with E-state index in [1.807, 2.05) is 0 Å². The molecule has 0 heterocycles. The van der Waals surface area contributed by atoms with Crippen molar-refractivity contribution < 1.29 is 18.9 Å². The molecule has 0 radical (unpaired) electrons. The Morgan fingerprint density at radius 1 is 0.338 bits per heavy atom. The molecule has 0 atom stereocenters. The van der Waals surface area contributed by atoms with Gasteiger partial charge in [-0.3, -0.25) is 0 Å². The molecular weight excluding hydrogens is 888 g/mol. The van der Waals surface area contributed by atoms with Crippen molar-refractivity contribution in [1.29, 1.82) is 0 Å². The van der Waals surface area contributed by atoms with E-state index in [2.05, 4.69) is 213 Å². The van der Waals surface area contributed by atoms with Gasteiger partial charge in [-0.25, -0.2) is 0 Å². The molecule has 0 amide bonds. The molecule has 4 nitrogen and oxygen atoms in total. The lowest BCUT2D eigenvalue weighted by atomic mass is 9.79. The summed E-state index contributed by atoms with van der Waals surface area (Å²) in [6.07, 6.45) is 5.92. The van der Waals surface area contributed by atoms with Gasteiger partial charge in [0.15, 0.2) is 0 Å². The zero-order valence-corrected chi connectivity index (χ0v) is 47.1. The Morgan fingerprint density at radius 3 is 0.775 bits per heavy atom. The van der Waals surface area contributed by atoms with Crippen molar-refractivity contribution in [3.8, 4) is 23.0 Å². The topological polar surface area (TPSA) is 36.9 Å². The average molecular weight is 973 g/mol. The van der Waals surface area contributed by atoms with Crippen LogP contribution in [0.3, 0.4) is 0 Å². The Kier molecular flexibility index (Phi) is 16.9. The second-order valence-corrected chi connectivity index (χ2v) is 26.3. The minimum atomic E-state index is -0.855. The zero-order valence-electron chi connectivity index (χ0n) is 46.3. The Balaban J connectivity index is 1.61. The summed E-state index contributed by atoms with van der Waals surface area (Å²) in [7, 11) is -0.855. The summed E-state index contributed by atoms with van der Waals surface area (Å²) < 4.78 is 28.8. The average Bonchev–Trinajstić information content (AvgIpc) is 3.30. The Hall–Kier alpha value is -5.05. The third-order valence-electron chi connectivity index (χ3n) is 13.8. The highest BCUT2D eigenvalue weighted by atomic mass is 31.1. The minimum Gasteiger partial charge on any atom is -0.493 e. The Bertz CT molecular complexity index is 2580. The maximum Gasteiger partial charge on any atom is 0.126 e. The van der Waals surface area contributed by atoms with Gasteiger partial charge in [-0.05, 0) is 126 Å². The van der Waals surface area contributed by atoms with Crippen LogP contribution in [-0.4, -0.2) is 26.2 Å². The monoisotopic (exact) mass is 973 g/mol. The quantitative estimate of drug-likeness (QED) is 0.102. The number of rotatable bonds is 14. The molecule has 0 N–H and O–H groups in total. The molecule has 1 aliphatic rings. The predicted molar refractivity (Wildman–Crippen MR) is 304 cm³/mol. The van der Waals surface area contributed by atoms with Gasteiger partial charge >= 0.3 is 0 Å². The molecule has 0 saturated heterocycles. The van der Waals surface area contributed by atoms with Crippen molar-refractivity contribution >= 4 is 18.5 Å². The van der Waals surface area contributed by atoms with Crippen LogP contribution in [0.1, 0.15) is 190 Å². The molecule has 0 unspecified atom stereocenters. The van der Waals surface area contributed by atoms with Gasteiger partial charge in [-0.15, -0.1) is 0 Å². The van der Waals surface area contributed by atoms with Crippen LogP contribution in [0.25, 0.3) is 0 Å². The molecule has 8 bridgehead atoms. The molecule has 71 heavy (non-hydrogen) atoms. The van der Waals surface area contributed by atoms with Gasteiger partial charge < -0.3 is 18.9 Å². The van der Waals surface area contributed by atoms with Crippen LogP contribution in [0.15, 0.2) is 109 Å². The summed E-state index contributed by atoms with van der Waals surface area (Å²) in [5.41, 5.74) is 14.3. The maximum absolute atomic E-state index is 7.60.